The van der Waals surface area contributed by atoms with Crippen molar-refractivity contribution in [3.63, 3.8) is 0 Å². The van der Waals surface area contributed by atoms with Crippen LogP contribution in [0.25, 0.3) is 0 Å². The van der Waals surface area contributed by atoms with Crippen molar-refractivity contribution in [1.29, 1.82) is 0 Å². The van der Waals surface area contributed by atoms with Gasteiger partial charge >= 0.3 is 5.97 Å². The molecule has 0 amide bonds. The third kappa shape index (κ3) is 2.55. The fourth-order valence-electron chi connectivity index (χ4n) is 6.14. The number of hydrogen-bond donors (Lipinski definition) is 3. The van der Waals surface area contributed by atoms with Crippen molar-refractivity contribution in [2.24, 2.45) is 23.2 Å². The molecular weight excluding hydrogens is 320 g/mol. The summed E-state index contributed by atoms with van der Waals surface area (Å²) in [5.74, 6) is 0.707. The molecular formula is C20H28O5. The quantitative estimate of drug-likeness (QED) is 0.501. The molecule has 0 spiro atoms. The van der Waals surface area contributed by atoms with Gasteiger partial charge in [0, 0.05) is 18.8 Å². The number of fused-ring (bicyclic) bond motifs is 4. The fourth-order valence-corrected chi connectivity index (χ4v) is 6.14. The van der Waals surface area contributed by atoms with Crippen LogP contribution in [0.15, 0.2) is 22.7 Å². The Bertz CT molecular complexity index is 663. The Balaban J connectivity index is 1.67. The van der Waals surface area contributed by atoms with Crippen LogP contribution in [0.4, 0.5) is 0 Å². The number of carbonyl (C=O) groups excluding carboxylic acids is 1. The van der Waals surface area contributed by atoms with Crippen molar-refractivity contribution in [3.8, 4) is 0 Å². The molecule has 5 nitrogen and oxygen atoms in total. The van der Waals surface area contributed by atoms with E-state index in [-0.39, 0.29) is 29.1 Å². The SMILES string of the molecule is CC(=O)OC1=C(O)CC2C3C(O)CC4=C(CC[C@H](O)C4)C3CC[C@]12C. The molecule has 0 aliphatic heterocycles. The summed E-state index contributed by atoms with van der Waals surface area (Å²) in [6.45, 7) is 3.43. The average molecular weight is 348 g/mol. The molecule has 0 heterocycles. The van der Waals surface area contributed by atoms with E-state index < -0.39 is 12.1 Å². The summed E-state index contributed by atoms with van der Waals surface area (Å²) in [5, 5.41) is 31.3. The molecule has 138 valence electrons. The highest BCUT2D eigenvalue weighted by molar-refractivity contribution is 5.67. The summed E-state index contributed by atoms with van der Waals surface area (Å²) in [4.78, 5) is 11.5. The molecule has 6 atom stereocenters. The Labute approximate surface area is 148 Å². The normalized spacial score (nSPS) is 43.4. The minimum Gasteiger partial charge on any atom is -0.509 e. The third-order valence-corrected chi connectivity index (χ3v) is 7.19. The fraction of sp³-hybridized carbons (Fsp3) is 0.750. The van der Waals surface area contributed by atoms with Crippen LogP contribution in [0, 0.1) is 23.2 Å². The molecule has 4 aliphatic carbocycles. The van der Waals surface area contributed by atoms with Gasteiger partial charge in [-0.05, 0) is 56.3 Å². The molecule has 0 radical (unpaired) electrons. The molecule has 0 aromatic heterocycles. The van der Waals surface area contributed by atoms with Crippen LogP contribution in [0.1, 0.15) is 58.8 Å². The Morgan fingerprint density at radius 3 is 2.68 bits per heavy atom. The first-order valence-electron chi connectivity index (χ1n) is 9.49. The standard InChI is InChI=1S/C20H28O5/c1-10(21)25-19-17(24)9-15-18-14(5-6-20(15,19)2)13-4-3-12(22)7-11(13)8-16(18)23/h12,14-16,18,22-24H,3-9H2,1-2H3/t12-,14?,15?,16?,18?,20-/m0/s1. The smallest absolute Gasteiger partial charge is 0.307 e. The van der Waals surface area contributed by atoms with Gasteiger partial charge in [0.2, 0.25) is 0 Å². The van der Waals surface area contributed by atoms with Crippen LogP contribution in [0.3, 0.4) is 0 Å². The van der Waals surface area contributed by atoms with E-state index in [4.69, 9.17) is 4.74 Å². The van der Waals surface area contributed by atoms with E-state index >= 15 is 0 Å². The maximum atomic E-state index is 11.5. The van der Waals surface area contributed by atoms with E-state index in [2.05, 4.69) is 6.92 Å². The summed E-state index contributed by atoms with van der Waals surface area (Å²) >= 11 is 0. The molecule has 25 heavy (non-hydrogen) atoms. The topological polar surface area (TPSA) is 87.0 Å². The van der Waals surface area contributed by atoms with E-state index in [0.717, 1.165) is 25.7 Å². The van der Waals surface area contributed by atoms with Crippen molar-refractivity contribution < 1.29 is 24.9 Å². The molecule has 4 aliphatic rings. The lowest BCUT2D eigenvalue weighted by Crippen LogP contribution is -2.49. The Kier molecular flexibility index (Phi) is 4.00. The molecule has 1 saturated carbocycles. The zero-order valence-corrected chi connectivity index (χ0v) is 15.0. The van der Waals surface area contributed by atoms with Crippen LogP contribution in [-0.2, 0) is 9.53 Å². The number of hydrogen-bond acceptors (Lipinski definition) is 5. The summed E-state index contributed by atoms with van der Waals surface area (Å²) < 4.78 is 5.40. The van der Waals surface area contributed by atoms with Crippen molar-refractivity contribution in [2.45, 2.75) is 71.0 Å². The van der Waals surface area contributed by atoms with Gasteiger partial charge in [0.25, 0.3) is 0 Å². The van der Waals surface area contributed by atoms with Gasteiger partial charge in [-0.1, -0.05) is 18.1 Å². The first kappa shape index (κ1) is 17.1. The number of carbonyl (C=O) groups is 1. The number of aliphatic hydroxyl groups excluding tert-OH is 3. The van der Waals surface area contributed by atoms with Gasteiger partial charge in [0.15, 0.2) is 5.76 Å². The molecule has 1 fully saturated rings. The number of allylic oxidation sites excluding steroid dienone is 3. The number of rotatable bonds is 1. The highest BCUT2D eigenvalue weighted by atomic mass is 16.5. The molecule has 4 rings (SSSR count). The van der Waals surface area contributed by atoms with E-state index in [0.29, 0.717) is 30.9 Å². The highest BCUT2D eigenvalue weighted by Crippen LogP contribution is 2.62. The highest BCUT2D eigenvalue weighted by Gasteiger charge is 2.58. The summed E-state index contributed by atoms with van der Waals surface area (Å²) in [6.07, 6.45) is 4.57. The second-order valence-corrected chi connectivity index (χ2v) is 8.62. The minimum absolute atomic E-state index is 0.0861. The summed E-state index contributed by atoms with van der Waals surface area (Å²) in [6, 6.07) is 0. The van der Waals surface area contributed by atoms with Crippen LogP contribution in [0.5, 0.6) is 0 Å². The molecule has 4 unspecified atom stereocenters. The van der Waals surface area contributed by atoms with Gasteiger partial charge in [0.1, 0.15) is 5.76 Å². The van der Waals surface area contributed by atoms with Crippen molar-refractivity contribution in [3.05, 3.63) is 22.7 Å². The second kappa shape index (κ2) is 5.85. The number of esters is 1. The lowest BCUT2D eigenvalue weighted by Gasteiger charge is -2.52. The van der Waals surface area contributed by atoms with E-state index in [9.17, 15) is 20.1 Å². The van der Waals surface area contributed by atoms with Crippen LogP contribution < -0.4 is 0 Å². The third-order valence-electron chi connectivity index (χ3n) is 7.19. The van der Waals surface area contributed by atoms with Gasteiger partial charge < -0.3 is 20.1 Å². The molecule has 5 heteroatoms. The van der Waals surface area contributed by atoms with Gasteiger partial charge in [-0.3, -0.25) is 4.79 Å². The Morgan fingerprint density at radius 1 is 1.20 bits per heavy atom. The van der Waals surface area contributed by atoms with Gasteiger partial charge in [-0.25, -0.2) is 0 Å². The maximum Gasteiger partial charge on any atom is 0.307 e. The van der Waals surface area contributed by atoms with Crippen molar-refractivity contribution in [2.75, 3.05) is 0 Å². The number of aliphatic hydroxyl groups is 3. The van der Waals surface area contributed by atoms with E-state index in [1.54, 1.807) is 0 Å². The Hall–Kier alpha value is -1.33. The summed E-state index contributed by atoms with van der Waals surface area (Å²) in [7, 11) is 0. The van der Waals surface area contributed by atoms with E-state index in [1.165, 1.54) is 18.1 Å². The molecule has 0 aromatic rings. The molecule has 0 aromatic carbocycles. The van der Waals surface area contributed by atoms with Crippen LogP contribution >= 0.6 is 0 Å². The largest absolute Gasteiger partial charge is 0.509 e. The van der Waals surface area contributed by atoms with Gasteiger partial charge in [-0.15, -0.1) is 0 Å². The zero-order chi connectivity index (χ0) is 17.9. The molecule has 3 N–H and O–H groups in total. The second-order valence-electron chi connectivity index (χ2n) is 8.62. The number of ether oxygens (including phenoxy) is 1. The molecule has 0 saturated heterocycles. The monoisotopic (exact) mass is 348 g/mol. The van der Waals surface area contributed by atoms with Gasteiger partial charge in [0.05, 0.1) is 12.2 Å². The summed E-state index contributed by atoms with van der Waals surface area (Å²) in [5.41, 5.74) is 2.32. The van der Waals surface area contributed by atoms with Gasteiger partial charge in [-0.2, -0.15) is 0 Å². The van der Waals surface area contributed by atoms with Crippen LogP contribution in [-0.4, -0.2) is 33.5 Å². The van der Waals surface area contributed by atoms with Crippen LogP contribution in [0.2, 0.25) is 0 Å². The first-order valence-corrected chi connectivity index (χ1v) is 9.49. The predicted molar refractivity (Wildman–Crippen MR) is 91.4 cm³/mol. The minimum atomic E-state index is -0.455. The van der Waals surface area contributed by atoms with Crippen molar-refractivity contribution in [1.82, 2.24) is 0 Å². The van der Waals surface area contributed by atoms with E-state index in [1.807, 2.05) is 0 Å². The Morgan fingerprint density at radius 2 is 1.96 bits per heavy atom. The maximum absolute atomic E-state index is 11.5. The molecule has 0 bridgehead atoms. The van der Waals surface area contributed by atoms with Crippen molar-refractivity contribution >= 4 is 5.97 Å². The lowest BCUT2D eigenvalue weighted by molar-refractivity contribution is -0.140. The average Bonchev–Trinajstić information content (AvgIpc) is 2.78. The first-order chi connectivity index (χ1) is 11.8. The predicted octanol–water partition coefficient (Wildman–Crippen LogP) is 2.98. The lowest BCUT2D eigenvalue weighted by atomic mass is 9.53. The zero-order valence-electron chi connectivity index (χ0n) is 15.0.